The summed E-state index contributed by atoms with van der Waals surface area (Å²) in [4.78, 5) is 2.42. The molecular formula is C15H29NO2. The summed E-state index contributed by atoms with van der Waals surface area (Å²) in [6.45, 7) is 4.59. The molecule has 1 saturated heterocycles. The van der Waals surface area contributed by atoms with E-state index >= 15 is 0 Å². The molecule has 2 N–H and O–H groups in total. The number of nitrogens with zero attached hydrogens (tertiary/aromatic N) is 1. The van der Waals surface area contributed by atoms with E-state index in [1.54, 1.807) is 0 Å². The Morgan fingerprint density at radius 3 is 2.33 bits per heavy atom. The molecule has 2 rings (SSSR count). The molecule has 1 aliphatic heterocycles. The molecule has 0 aromatic heterocycles. The molecule has 0 amide bonds. The minimum absolute atomic E-state index is 0.192. The maximum atomic E-state index is 9.66. The summed E-state index contributed by atoms with van der Waals surface area (Å²) >= 11 is 0. The normalized spacial score (nSPS) is 38.8. The second kappa shape index (κ2) is 6.88. The summed E-state index contributed by atoms with van der Waals surface area (Å²) in [6.07, 6.45) is 8.26. The summed E-state index contributed by atoms with van der Waals surface area (Å²) < 4.78 is 0. The fourth-order valence-corrected chi connectivity index (χ4v) is 3.66. The molecular weight excluding hydrogens is 226 g/mol. The van der Waals surface area contributed by atoms with E-state index < -0.39 is 0 Å². The minimum Gasteiger partial charge on any atom is -0.395 e. The lowest BCUT2D eigenvalue weighted by Crippen LogP contribution is -2.48. The highest BCUT2D eigenvalue weighted by molar-refractivity contribution is 4.84. The van der Waals surface area contributed by atoms with E-state index in [0.717, 1.165) is 37.8 Å². The predicted octanol–water partition coefficient (Wildman–Crippen LogP) is 2.02. The summed E-state index contributed by atoms with van der Waals surface area (Å²) in [6, 6.07) is 0.192. The number of aliphatic hydroxyl groups excluding tert-OH is 2. The van der Waals surface area contributed by atoms with Crippen molar-refractivity contribution in [1.29, 1.82) is 0 Å². The van der Waals surface area contributed by atoms with Crippen LogP contribution in [0.2, 0.25) is 0 Å². The Morgan fingerprint density at radius 1 is 1.06 bits per heavy atom. The van der Waals surface area contributed by atoms with Crippen LogP contribution in [0.3, 0.4) is 0 Å². The van der Waals surface area contributed by atoms with Crippen molar-refractivity contribution >= 4 is 0 Å². The average Bonchev–Trinajstić information content (AvgIpc) is 2.41. The van der Waals surface area contributed by atoms with Crippen LogP contribution in [0.4, 0.5) is 0 Å². The van der Waals surface area contributed by atoms with Crippen LogP contribution in [0, 0.1) is 11.8 Å². The Hall–Kier alpha value is -0.120. The van der Waals surface area contributed by atoms with Gasteiger partial charge in [-0.25, -0.2) is 0 Å². The van der Waals surface area contributed by atoms with Crippen LogP contribution in [-0.4, -0.2) is 47.0 Å². The molecule has 18 heavy (non-hydrogen) atoms. The SMILES string of the molecule is CCC1CCC(CN2CCC(O)CC2CO)CC1. The van der Waals surface area contributed by atoms with E-state index in [0.29, 0.717) is 0 Å². The van der Waals surface area contributed by atoms with E-state index in [1.807, 2.05) is 0 Å². The van der Waals surface area contributed by atoms with E-state index in [9.17, 15) is 10.2 Å². The van der Waals surface area contributed by atoms with Gasteiger partial charge >= 0.3 is 0 Å². The van der Waals surface area contributed by atoms with Gasteiger partial charge in [-0.3, -0.25) is 4.90 Å². The van der Waals surface area contributed by atoms with E-state index in [1.165, 1.54) is 32.1 Å². The molecule has 2 aliphatic rings. The van der Waals surface area contributed by atoms with Gasteiger partial charge in [0.2, 0.25) is 0 Å². The van der Waals surface area contributed by atoms with Crippen LogP contribution < -0.4 is 0 Å². The molecule has 106 valence electrons. The fraction of sp³-hybridized carbons (Fsp3) is 1.00. The Morgan fingerprint density at radius 2 is 1.72 bits per heavy atom. The van der Waals surface area contributed by atoms with Crippen molar-refractivity contribution in [3.63, 3.8) is 0 Å². The van der Waals surface area contributed by atoms with Crippen LogP contribution >= 0.6 is 0 Å². The molecule has 1 aliphatic carbocycles. The van der Waals surface area contributed by atoms with E-state index in [4.69, 9.17) is 0 Å². The van der Waals surface area contributed by atoms with Gasteiger partial charge in [0.25, 0.3) is 0 Å². The van der Waals surface area contributed by atoms with Gasteiger partial charge in [0.05, 0.1) is 12.7 Å². The van der Waals surface area contributed by atoms with Gasteiger partial charge in [0, 0.05) is 19.1 Å². The first-order valence-corrected chi connectivity index (χ1v) is 7.75. The van der Waals surface area contributed by atoms with Crippen molar-refractivity contribution in [3.05, 3.63) is 0 Å². The summed E-state index contributed by atoms with van der Waals surface area (Å²) in [7, 11) is 0. The first-order valence-electron chi connectivity index (χ1n) is 7.75. The first kappa shape index (κ1) is 14.3. The number of hydrogen-bond donors (Lipinski definition) is 2. The first-order chi connectivity index (χ1) is 8.72. The van der Waals surface area contributed by atoms with Crippen molar-refractivity contribution in [3.8, 4) is 0 Å². The molecule has 2 unspecified atom stereocenters. The van der Waals surface area contributed by atoms with Gasteiger partial charge in [-0.1, -0.05) is 26.2 Å². The average molecular weight is 255 g/mol. The van der Waals surface area contributed by atoms with Gasteiger partial charge in [-0.15, -0.1) is 0 Å². The maximum absolute atomic E-state index is 9.66. The molecule has 0 radical (unpaired) electrons. The van der Waals surface area contributed by atoms with Gasteiger partial charge in [0.1, 0.15) is 0 Å². The minimum atomic E-state index is -0.200. The van der Waals surface area contributed by atoms with Crippen molar-refractivity contribution in [2.75, 3.05) is 19.7 Å². The monoisotopic (exact) mass is 255 g/mol. The summed E-state index contributed by atoms with van der Waals surface area (Å²) in [5.41, 5.74) is 0. The zero-order valence-electron chi connectivity index (χ0n) is 11.7. The molecule has 1 heterocycles. The fourth-order valence-electron chi connectivity index (χ4n) is 3.66. The lowest BCUT2D eigenvalue weighted by atomic mass is 9.80. The third-order valence-corrected chi connectivity index (χ3v) is 5.06. The van der Waals surface area contributed by atoms with E-state index in [2.05, 4.69) is 11.8 Å². The van der Waals surface area contributed by atoms with Crippen LogP contribution in [0.5, 0.6) is 0 Å². The summed E-state index contributed by atoms with van der Waals surface area (Å²) in [5, 5.41) is 19.1. The number of piperidine rings is 1. The van der Waals surface area contributed by atoms with Gasteiger partial charge in [0.15, 0.2) is 0 Å². The standard InChI is InChI=1S/C15H29NO2/c1-2-12-3-5-13(6-4-12)10-16-8-7-15(18)9-14(16)11-17/h12-15,17-18H,2-11H2,1H3. The molecule has 3 nitrogen and oxygen atoms in total. The van der Waals surface area contributed by atoms with Crippen LogP contribution in [0.15, 0.2) is 0 Å². The Labute approximate surface area is 111 Å². The molecule has 1 saturated carbocycles. The Kier molecular flexibility index (Phi) is 5.46. The largest absolute Gasteiger partial charge is 0.395 e. The quantitative estimate of drug-likeness (QED) is 0.808. The van der Waals surface area contributed by atoms with Crippen LogP contribution in [-0.2, 0) is 0 Å². The number of hydrogen-bond acceptors (Lipinski definition) is 3. The molecule has 0 bridgehead atoms. The topological polar surface area (TPSA) is 43.7 Å². The van der Waals surface area contributed by atoms with Crippen molar-refractivity contribution in [2.45, 2.75) is 64.0 Å². The molecule has 2 fully saturated rings. The smallest absolute Gasteiger partial charge is 0.0587 e. The molecule has 3 heteroatoms. The third-order valence-electron chi connectivity index (χ3n) is 5.06. The maximum Gasteiger partial charge on any atom is 0.0587 e. The molecule has 0 aromatic rings. The molecule has 0 spiro atoms. The molecule has 0 aromatic carbocycles. The second-order valence-corrected chi connectivity index (χ2v) is 6.30. The van der Waals surface area contributed by atoms with Crippen LogP contribution in [0.25, 0.3) is 0 Å². The number of rotatable bonds is 4. The summed E-state index contributed by atoms with van der Waals surface area (Å²) in [5.74, 6) is 1.77. The van der Waals surface area contributed by atoms with Crippen molar-refractivity contribution in [2.24, 2.45) is 11.8 Å². The van der Waals surface area contributed by atoms with Gasteiger partial charge in [-0.05, 0) is 37.5 Å². The van der Waals surface area contributed by atoms with Crippen LogP contribution in [0.1, 0.15) is 51.9 Å². The van der Waals surface area contributed by atoms with Crippen molar-refractivity contribution < 1.29 is 10.2 Å². The Bertz CT molecular complexity index is 239. The lowest BCUT2D eigenvalue weighted by molar-refractivity contribution is 0.00548. The number of aliphatic hydroxyl groups is 2. The number of likely N-dealkylation sites (tertiary alicyclic amines) is 1. The van der Waals surface area contributed by atoms with Crippen molar-refractivity contribution in [1.82, 2.24) is 4.90 Å². The lowest BCUT2D eigenvalue weighted by Gasteiger charge is -2.40. The van der Waals surface area contributed by atoms with Gasteiger partial charge < -0.3 is 10.2 Å². The van der Waals surface area contributed by atoms with Gasteiger partial charge in [-0.2, -0.15) is 0 Å². The zero-order valence-corrected chi connectivity index (χ0v) is 11.7. The Balaban J connectivity index is 1.78. The zero-order chi connectivity index (χ0) is 13.0. The highest BCUT2D eigenvalue weighted by atomic mass is 16.3. The highest BCUT2D eigenvalue weighted by Gasteiger charge is 2.29. The highest BCUT2D eigenvalue weighted by Crippen LogP contribution is 2.32. The third kappa shape index (κ3) is 3.69. The predicted molar refractivity (Wildman–Crippen MR) is 73.4 cm³/mol. The van der Waals surface area contributed by atoms with E-state index in [-0.39, 0.29) is 18.8 Å². The second-order valence-electron chi connectivity index (χ2n) is 6.30. The molecule has 2 atom stereocenters.